The van der Waals surface area contributed by atoms with Gasteiger partial charge in [0.05, 0.1) is 17.8 Å². The van der Waals surface area contributed by atoms with Crippen LogP contribution < -0.4 is 15.5 Å². The van der Waals surface area contributed by atoms with Gasteiger partial charge in [-0.2, -0.15) is 0 Å². The lowest BCUT2D eigenvalue weighted by atomic mass is 9.81. The van der Waals surface area contributed by atoms with Crippen molar-refractivity contribution in [3.8, 4) is 6.01 Å². The quantitative estimate of drug-likeness (QED) is 0.413. The maximum Gasteiger partial charge on any atom is 0.498 e. The minimum absolute atomic E-state index is 0.0851. The van der Waals surface area contributed by atoms with Crippen molar-refractivity contribution in [3.63, 3.8) is 0 Å². The molecule has 3 heterocycles. The van der Waals surface area contributed by atoms with Crippen LogP contribution in [0, 0.1) is 0 Å². The highest BCUT2D eigenvalue weighted by Crippen LogP contribution is 2.36. The summed E-state index contributed by atoms with van der Waals surface area (Å²) < 4.78 is 23.1. The Bertz CT molecular complexity index is 918. The van der Waals surface area contributed by atoms with Crippen molar-refractivity contribution in [3.05, 3.63) is 12.4 Å². The van der Waals surface area contributed by atoms with Gasteiger partial charge in [-0.25, -0.2) is 14.8 Å². The number of likely N-dealkylation sites (tertiary alicyclic amines) is 1. The van der Waals surface area contributed by atoms with Gasteiger partial charge in [-0.1, -0.05) is 0 Å². The molecule has 0 spiro atoms. The molecule has 10 nitrogen and oxygen atoms in total. The van der Waals surface area contributed by atoms with Crippen molar-refractivity contribution < 1.29 is 28.4 Å². The average molecular weight is 518 g/mol. The van der Waals surface area contributed by atoms with E-state index in [4.69, 9.17) is 18.8 Å². The first-order valence-electron chi connectivity index (χ1n) is 13.3. The van der Waals surface area contributed by atoms with Gasteiger partial charge in [0.25, 0.3) is 0 Å². The number of aromatic nitrogens is 2. The number of nitrogens with zero attached hydrogens (tertiary/aromatic N) is 3. The van der Waals surface area contributed by atoms with Gasteiger partial charge in [-0.3, -0.25) is 4.79 Å². The molecule has 206 valence electrons. The first-order valence-corrected chi connectivity index (χ1v) is 13.3. The standard InChI is InChI=1S/C26H43BN4O6/c1-18(30-23(33)35-24(2,3)4)21(32)31-14-10-9-12-20(31)13-11-15-34-22-28-16-19(17-29-22)27-36-25(5,6)26(7,8)37-27/h16-18,20H,9-15H2,1-8H3,(H,30,33)/t18-,20+/m1/s1. The lowest BCUT2D eigenvalue weighted by molar-refractivity contribution is -0.137. The number of nitrogens with one attached hydrogen (secondary N) is 1. The molecule has 2 saturated heterocycles. The molecular weight excluding hydrogens is 475 g/mol. The Morgan fingerprint density at radius 2 is 1.78 bits per heavy atom. The number of hydrogen-bond donors (Lipinski definition) is 1. The third-order valence-electron chi connectivity index (χ3n) is 7.10. The largest absolute Gasteiger partial charge is 0.498 e. The van der Waals surface area contributed by atoms with Crippen LogP contribution in [0.2, 0.25) is 0 Å². The average Bonchev–Trinajstić information content (AvgIpc) is 3.02. The Hall–Kier alpha value is -2.40. The number of ether oxygens (including phenoxy) is 2. The fraction of sp³-hybridized carbons (Fsp3) is 0.769. The van der Waals surface area contributed by atoms with Crippen LogP contribution in [0.1, 0.15) is 87.5 Å². The van der Waals surface area contributed by atoms with E-state index in [9.17, 15) is 9.59 Å². The summed E-state index contributed by atoms with van der Waals surface area (Å²) in [5.41, 5.74) is -0.719. The van der Waals surface area contributed by atoms with E-state index in [0.717, 1.165) is 37.6 Å². The summed E-state index contributed by atoms with van der Waals surface area (Å²) in [6, 6.07) is -0.242. The van der Waals surface area contributed by atoms with Crippen molar-refractivity contribution in [2.24, 2.45) is 0 Å². The van der Waals surface area contributed by atoms with Crippen molar-refractivity contribution in [1.29, 1.82) is 0 Å². The molecule has 0 aliphatic carbocycles. The third kappa shape index (κ3) is 7.80. The molecule has 1 aromatic rings. The second kappa shape index (κ2) is 11.6. The molecule has 2 aliphatic heterocycles. The maximum atomic E-state index is 13.1. The van der Waals surface area contributed by atoms with Crippen LogP contribution in [-0.2, 0) is 18.8 Å². The molecule has 1 N–H and O–H groups in total. The zero-order valence-corrected chi connectivity index (χ0v) is 23.6. The Morgan fingerprint density at radius 1 is 1.16 bits per heavy atom. The van der Waals surface area contributed by atoms with Gasteiger partial charge in [-0.05, 0) is 87.5 Å². The van der Waals surface area contributed by atoms with E-state index < -0.39 is 36.1 Å². The number of rotatable bonds is 8. The fourth-order valence-corrected chi connectivity index (χ4v) is 4.37. The Balaban J connectivity index is 1.45. The third-order valence-corrected chi connectivity index (χ3v) is 7.10. The van der Waals surface area contributed by atoms with Crippen LogP contribution in [-0.4, -0.2) is 76.0 Å². The van der Waals surface area contributed by atoms with Crippen LogP contribution in [0.3, 0.4) is 0 Å². The van der Waals surface area contributed by atoms with Crippen LogP contribution in [0.5, 0.6) is 6.01 Å². The summed E-state index contributed by atoms with van der Waals surface area (Å²) in [5.74, 6) is -0.0851. The van der Waals surface area contributed by atoms with E-state index in [0.29, 0.717) is 19.2 Å². The van der Waals surface area contributed by atoms with Gasteiger partial charge < -0.3 is 29.0 Å². The summed E-state index contributed by atoms with van der Waals surface area (Å²) in [4.78, 5) is 35.7. The predicted molar refractivity (Wildman–Crippen MR) is 141 cm³/mol. The van der Waals surface area contributed by atoms with Crippen molar-refractivity contribution in [1.82, 2.24) is 20.2 Å². The lowest BCUT2D eigenvalue weighted by Gasteiger charge is -2.37. The summed E-state index contributed by atoms with van der Waals surface area (Å²) in [6.07, 6.45) is 7.29. The monoisotopic (exact) mass is 518 g/mol. The van der Waals surface area contributed by atoms with E-state index in [2.05, 4.69) is 15.3 Å². The Labute approximate surface area is 221 Å². The summed E-state index contributed by atoms with van der Waals surface area (Å²) >= 11 is 0. The first-order chi connectivity index (χ1) is 17.2. The van der Waals surface area contributed by atoms with Gasteiger partial charge in [0, 0.05) is 30.4 Å². The summed E-state index contributed by atoms with van der Waals surface area (Å²) in [7, 11) is -0.513. The Kier molecular flexibility index (Phi) is 9.11. The van der Waals surface area contributed by atoms with Crippen LogP contribution in [0.25, 0.3) is 0 Å². The number of carbonyl (C=O) groups excluding carboxylic acids is 2. The second-order valence-corrected chi connectivity index (χ2v) is 11.9. The van der Waals surface area contributed by atoms with Gasteiger partial charge >= 0.3 is 19.2 Å². The van der Waals surface area contributed by atoms with Crippen molar-refractivity contribution >= 4 is 24.6 Å². The SMILES string of the molecule is C[C@@H](NC(=O)OC(C)(C)C)C(=O)N1CCCC[C@H]1CCCOc1ncc(B2OC(C)(C)C(C)(C)O2)cn1. The van der Waals surface area contributed by atoms with E-state index in [1.54, 1.807) is 40.1 Å². The molecule has 2 fully saturated rings. The number of alkyl carbamates (subject to hydrolysis) is 1. The van der Waals surface area contributed by atoms with Crippen molar-refractivity contribution in [2.45, 2.75) is 116 Å². The molecule has 0 aromatic carbocycles. The first kappa shape index (κ1) is 29.2. The zero-order valence-electron chi connectivity index (χ0n) is 23.6. The highest BCUT2D eigenvalue weighted by Gasteiger charge is 2.52. The van der Waals surface area contributed by atoms with Crippen molar-refractivity contribution in [2.75, 3.05) is 13.2 Å². The molecule has 37 heavy (non-hydrogen) atoms. The topological polar surface area (TPSA) is 112 Å². The number of hydrogen-bond acceptors (Lipinski definition) is 8. The highest BCUT2D eigenvalue weighted by atomic mass is 16.7. The summed E-state index contributed by atoms with van der Waals surface area (Å²) in [5, 5.41) is 2.66. The minimum atomic E-state index is -0.650. The molecule has 2 atom stereocenters. The normalized spacial score (nSPS) is 21.9. The van der Waals surface area contributed by atoms with Gasteiger partial charge in [-0.15, -0.1) is 0 Å². The number of amides is 2. The fourth-order valence-electron chi connectivity index (χ4n) is 4.37. The van der Waals surface area contributed by atoms with E-state index >= 15 is 0 Å². The zero-order chi connectivity index (χ0) is 27.4. The molecule has 1 aromatic heterocycles. The molecule has 0 saturated carbocycles. The van der Waals surface area contributed by atoms with Gasteiger partial charge in [0.1, 0.15) is 11.6 Å². The minimum Gasteiger partial charge on any atom is -0.463 e. The molecule has 2 amide bonds. The molecule has 2 aliphatic rings. The molecule has 0 bridgehead atoms. The number of carbonyl (C=O) groups is 2. The van der Waals surface area contributed by atoms with E-state index in [1.807, 2.05) is 32.6 Å². The smallest absolute Gasteiger partial charge is 0.463 e. The highest BCUT2D eigenvalue weighted by molar-refractivity contribution is 6.61. The van der Waals surface area contributed by atoms with Crippen LogP contribution >= 0.6 is 0 Å². The maximum absolute atomic E-state index is 13.1. The van der Waals surface area contributed by atoms with Gasteiger partial charge in [0.15, 0.2) is 0 Å². The summed E-state index contributed by atoms with van der Waals surface area (Å²) in [6.45, 7) is 16.2. The van der Waals surface area contributed by atoms with Crippen LogP contribution in [0.15, 0.2) is 12.4 Å². The van der Waals surface area contributed by atoms with Gasteiger partial charge in [0.2, 0.25) is 5.91 Å². The molecule has 3 rings (SSSR count). The van der Waals surface area contributed by atoms with E-state index in [1.165, 1.54) is 0 Å². The Morgan fingerprint density at radius 3 is 2.38 bits per heavy atom. The molecule has 11 heteroatoms. The number of piperidine rings is 1. The molecular formula is C26H43BN4O6. The lowest BCUT2D eigenvalue weighted by Crippen LogP contribution is -2.52. The van der Waals surface area contributed by atoms with Crippen LogP contribution in [0.4, 0.5) is 4.79 Å². The molecule has 0 unspecified atom stereocenters. The second-order valence-electron chi connectivity index (χ2n) is 11.9. The van der Waals surface area contributed by atoms with E-state index in [-0.39, 0.29) is 11.9 Å². The predicted octanol–water partition coefficient (Wildman–Crippen LogP) is 3.23. The molecule has 0 radical (unpaired) electrons.